The Morgan fingerprint density at radius 2 is 1.77 bits per heavy atom. The zero-order valence-electron chi connectivity index (χ0n) is 18.6. The minimum atomic E-state index is -0.493. The van der Waals surface area contributed by atoms with Gasteiger partial charge in [-0.15, -0.1) is 0 Å². The summed E-state index contributed by atoms with van der Waals surface area (Å²) >= 11 is 0. The van der Waals surface area contributed by atoms with Crippen LogP contribution in [0.3, 0.4) is 0 Å². The van der Waals surface area contributed by atoms with Gasteiger partial charge >= 0.3 is 0 Å². The van der Waals surface area contributed by atoms with Gasteiger partial charge in [-0.05, 0) is 59.7 Å². The fourth-order valence-electron chi connectivity index (χ4n) is 4.39. The van der Waals surface area contributed by atoms with Crippen LogP contribution in [0.5, 0.6) is 11.5 Å². The van der Waals surface area contributed by atoms with Crippen molar-refractivity contribution in [2.75, 3.05) is 20.8 Å². The lowest BCUT2D eigenvalue weighted by Gasteiger charge is -2.38. The second kappa shape index (κ2) is 8.10. The smallest absolute Gasteiger partial charge is 0.254 e. The first-order valence-electron chi connectivity index (χ1n) is 10.5. The number of carbonyl (C=O) groups is 1. The van der Waals surface area contributed by atoms with Gasteiger partial charge in [-0.25, -0.2) is 0 Å². The minimum Gasteiger partial charge on any atom is -0.493 e. The molecular formula is C25H28N2O4. The molecule has 0 spiro atoms. The summed E-state index contributed by atoms with van der Waals surface area (Å²) in [5, 5.41) is 0.935. The normalized spacial score (nSPS) is 15.8. The number of methoxy groups -OCH3 is 2. The van der Waals surface area contributed by atoms with Crippen LogP contribution in [0.2, 0.25) is 0 Å². The molecule has 2 heterocycles. The van der Waals surface area contributed by atoms with E-state index in [-0.39, 0.29) is 17.4 Å². The number of aromatic amines is 1. The number of carbonyl (C=O) groups excluding carboxylic acids is 1. The first-order valence-corrected chi connectivity index (χ1v) is 10.5. The molecule has 0 saturated carbocycles. The fourth-order valence-corrected chi connectivity index (χ4v) is 4.39. The third kappa shape index (κ3) is 3.67. The summed E-state index contributed by atoms with van der Waals surface area (Å²) < 4.78 is 11.0. The van der Waals surface area contributed by atoms with Crippen molar-refractivity contribution in [3.63, 3.8) is 0 Å². The molecule has 2 aromatic carbocycles. The molecule has 0 saturated heterocycles. The van der Waals surface area contributed by atoms with E-state index in [9.17, 15) is 9.59 Å². The molecule has 1 unspecified atom stereocenters. The van der Waals surface area contributed by atoms with E-state index in [4.69, 9.17) is 9.47 Å². The van der Waals surface area contributed by atoms with Gasteiger partial charge in [-0.2, -0.15) is 0 Å². The van der Waals surface area contributed by atoms with Gasteiger partial charge < -0.3 is 19.4 Å². The van der Waals surface area contributed by atoms with E-state index in [2.05, 4.69) is 4.98 Å². The Labute approximate surface area is 181 Å². The lowest BCUT2D eigenvalue weighted by molar-refractivity contribution is -0.136. The van der Waals surface area contributed by atoms with Crippen LogP contribution in [0.1, 0.15) is 42.1 Å². The van der Waals surface area contributed by atoms with E-state index in [0.29, 0.717) is 30.0 Å². The molecular weight excluding hydrogens is 392 g/mol. The average molecular weight is 421 g/mol. The van der Waals surface area contributed by atoms with Gasteiger partial charge in [-0.3, -0.25) is 9.59 Å². The lowest BCUT2D eigenvalue weighted by Crippen LogP contribution is -2.44. The number of hydrogen-bond donors (Lipinski definition) is 1. The molecule has 0 fully saturated rings. The van der Waals surface area contributed by atoms with E-state index < -0.39 is 6.04 Å². The highest BCUT2D eigenvalue weighted by Crippen LogP contribution is 2.41. The van der Waals surface area contributed by atoms with Crippen LogP contribution in [0.4, 0.5) is 0 Å². The van der Waals surface area contributed by atoms with Crippen molar-refractivity contribution in [3.05, 3.63) is 69.0 Å². The number of nitrogens with zero attached hydrogens (tertiary/aromatic N) is 1. The van der Waals surface area contributed by atoms with Gasteiger partial charge in [-0.1, -0.05) is 26.0 Å². The monoisotopic (exact) mass is 420 g/mol. The molecule has 3 aromatic rings. The predicted molar refractivity (Wildman–Crippen MR) is 121 cm³/mol. The number of rotatable bonds is 4. The van der Waals surface area contributed by atoms with Crippen molar-refractivity contribution >= 4 is 16.8 Å². The summed E-state index contributed by atoms with van der Waals surface area (Å²) in [6.45, 7) is 6.30. The van der Waals surface area contributed by atoms with Crippen LogP contribution in [0.15, 0.2) is 41.2 Å². The standard InChI is InChI=1S/C25H28N2O4/c1-14(2)25(29)27-9-8-16-12-21(30-4)22(31-5)13-18(16)23(27)19-11-17-7-6-15(3)10-20(17)26-24(19)28/h6-7,10-14,23H,8-9H2,1-5H3,(H,26,28). The zero-order chi connectivity index (χ0) is 22.3. The summed E-state index contributed by atoms with van der Waals surface area (Å²) in [6.07, 6.45) is 0.690. The third-order valence-electron chi connectivity index (χ3n) is 5.98. The van der Waals surface area contributed by atoms with Gasteiger partial charge in [0.25, 0.3) is 5.56 Å². The van der Waals surface area contributed by atoms with E-state index in [0.717, 1.165) is 27.6 Å². The van der Waals surface area contributed by atoms with Crippen LogP contribution in [0.25, 0.3) is 10.9 Å². The third-order valence-corrected chi connectivity index (χ3v) is 5.98. The van der Waals surface area contributed by atoms with Crippen LogP contribution < -0.4 is 15.0 Å². The molecule has 0 radical (unpaired) electrons. The Balaban J connectivity index is 1.97. The zero-order valence-corrected chi connectivity index (χ0v) is 18.6. The molecule has 6 nitrogen and oxygen atoms in total. The number of ether oxygens (including phenoxy) is 2. The maximum atomic E-state index is 13.2. The number of aryl methyl sites for hydroxylation is 1. The number of amides is 1. The van der Waals surface area contributed by atoms with Gasteiger partial charge in [0.2, 0.25) is 5.91 Å². The highest BCUT2D eigenvalue weighted by Gasteiger charge is 2.35. The van der Waals surface area contributed by atoms with Crippen molar-refractivity contribution in [2.45, 2.75) is 33.2 Å². The summed E-state index contributed by atoms with van der Waals surface area (Å²) in [5.74, 6) is 1.07. The van der Waals surface area contributed by atoms with Crippen molar-refractivity contribution in [2.24, 2.45) is 5.92 Å². The summed E-state index contributed by atoms with van der Waals surface area (Å²) in [6, 6.07) is 11.2. The molecule has 0 aliphatic carbocycles. The van der Waals surface area contributed by atoms with E-state index in [1.54, 1.807) is 14.2 Å². The number of aromatic nitrogens is 1. The number of hydrogen-bond acceptors (Lipinski definition) is 4. The number of pyridine rings is 1. The largest absolute Gasteiger partial charge is 0.493 e. The molecule has 1 amide bonds. The maximum absolute atomic E-state index is 13.2. The summed E-state index contributed by atoms with van der Waals surface area (Å²) in [7, 11) is 3.19. The quantitative estimate of drug-likeness (QED) is 0.693. The first-order chi connectivity index (χ1) is 14.8. The van der Waals surface area contributed by atoms with Crippen LogP contribution in [-0.2, 0) is 11.2 Å². The van der Waals surface area contributed by atoms with Crippen LogP contribution in [-0.4, -0.2) is 36.6 Å². The number of benzene rings is 2. The highest BCUT2D eigenvalue weighted by molar-refractivity contribution is 5.82. The molecule has 0 bridgehead atoms. The minimum absolute atomic E-state index is 0.0221. The predicted octanol–water partition coefficient (Wildman–Crippen LogP) is 3.98. The Morgan fingerprint density at radius 1 is 1.06 bits per heavy atom. The molecule has 4 rings (SSSR count). The van der Waals surface area contributed by atoms with E-state index in [1.807, 2.05) is 62.1 Å². The molecule has 162 valence electrons. The van der Waals surface area contributed by atoms with E-state index in [1.165, 1.54) is 0 Å². The molecule has 1 aromatic heterocycles. The van der Waals surface area contributed by atoms with Gasteiger partial charge in [0.1, 0.15) is 0 Å². The van der Waals surface area contributed by atoms with Crippen LogP contribution in [0, 0.1) is 12.8 Å². The molecule has 6 heteroatoms. The summed E-state index contributed by atoms with van der Waals surface area (Å²) in [5.41, 5.74) is 4.19. The Bertz CT molecular complexity index is 1210. The number of fused-ring (bicyclic) bond motifs is 2. The fraction of sp³-hybridized carbons (Fsp3) is 0.360. The first kappa shape index (κ1) is 21.0. The van der Waals surface area contributed by atoms with Gasteiger partial charge in [0.15, 0.2) is 11.5 Å². The Kier molecular flexibility index (Phi) is 5.48. The average Bonchev–Trinajstić information content (AvgIpc) is 2.76. The van der Waals surface area contributed by atoms with E-state index >= 15 is 0 Å². The topological polar surface area (TPSA) is 71.6 Å². The van der Waals surface area contributed by atoms with Gasteiger partial charge in [0.05, 0.1) is 20.3 Å². The van der Waals surface area contributed by atoms with Crippen molar-refractivity contribution in [3.8, 4) is 11.5 Å². The van der Waals surface area contributed by atoms with Crippen molar-refractivity contribution in [1.82, 2.24) is 9.88 Å². The highest BCUT2D eigenvalue weighted by atomic mass is 16.5. The SMILES string of the molecule is COc1cc2c(cc1OC)C(c1cc3ccc(C)cc3[nH]c1=O)N(C(=O)C(C)C)CC2. The lowest BCUT2D eigenvalue weighted by atomic mass is 9.87. The number of H-pyrrole nitrogens is 1. The van der Waals surface area contributed by atoms with Gasteiger partial charge in [0, 0.05) is 23.5 Å². The molecule has 1 N–H and O–H groups in total. The summed E-state index contributed by atoms with van der Waals surface area (Å²) in [4.78, 5) is 31.2. The molecule has 31 heavy (non-hydrogen) atoms. The molecule has 1 atom stereocenters. The molecule has 1 aliphatic heterocycles. The van der Waals surface area contributed by atoms with Crippen LogP contribution >= 0.6 is 0 Å². The second-order valence-electron chi connectivity index (χ2n) is 8.39. The Morgan fingerprint density at radius 3 is 2.45 bits per heavy atom. The van der Waals surface area contributed by atoms with Crippen molar-refractivity contribution < 1.29 is 14.3 Å². The molecule has 1 aliphatic rings. The van der Waals surface area contributed by atoms with Crippen molar-refractivity contribution in [1.29, 1.82) is 0 Å². The maximum Gasteiger partial charge on any atom is 0.254 e. The second-order valence-corrected chi connectivity index (χ2v) is 8.39. The Hall–Kier alpha value is -3.28. The number of nitrogens with one attached hydrogen (secondary N) is 1.